The van der Waals surface area contributed by atoms with Crippen LogP contribution in [0.4, 0.5) is 0 Å². The monoisotopic (exact) mass is 266 g/mol. The van der Waals surface area contributed by atoms with Crippen LogP contribution in [0.15, 0.2) is 60.7 Å². The van der Waals surface area contributed by atoms with Crippen LogP contribution in [-0.2, 0) is 0 Å². The van der Waals surface area contributed by atoms with Gasteiger partial charge in [0.05, 0.1) is 5.56 Å². The van der Waals surface area contributed by atoms with E-state index in [0.29, 0.717) is 12.0 Å². The van der Waals surface area contributed by atoms with Gasteiger partial charge in [-0.05, 0) is 24.1 Å². The minimum absolute atomic E-state index is 0.0270. The zero-order valence-corrected chi connectivity index (χ0v) is 11.5. The fourth-order valence-electron chi connectivity index (χ4n) is 2.03. The van der Waals surface area contributed by atoms with Crippen LogP contribution < -0.4 is 0 Å². The summed E-state index contributed by atoms with van der Waals surface area (Å²) in [5.41, 5.74) is 1.52. The van der Waals surface area contributed by atoms with Gasteiger partial charge < -0.3 is 5.11 Å². The number of carbonyl (C=O) groups excluding carboxylic acids is 1. The SMILES string of the molecule is CC(C/C=C/c1ccccc1)C(=O)c1ccccc1O. The number of phenols is 1. The van der Waals surface area contributed by atoms with Gasteiger partial charge in [-0.2, -0.15) is 0 Å². The van der Waals surface area contributed by atoms with Crippen molar-refractivity contribution in [1.82, 2.24) is 0 Å². The summed E-state index contributed by atoms with van der Waals surface area (Å²) < 4.78 is 0. The molecule has 0 aliphatic carbocycles. The van der Waals surface area contributed by atoms with Crippen LogP contribution in [0.25, 0.3) is 6.08 Å². The first-order chi connectivity index (χ1) is 9.68. The number of para-hydroxylation sites is 1. The molecule has 0 aromatic heterocycles. The van der Waals surface area contributed by atoms with Crippen molar-refractivity contribution in [1.29, 1.82) is 0 Å². The topological polar surface area (TPSA) is 37.3 Å². The van der Waals surface area contributed by atoms with Gasteiger partial charge in [-0.1, -0.05) is 61.5 Å². The van der Waals surface area contributed by atoms with Crippen molar-refractivity contribution >= 4 is 11.9 Å². The van der Waals surface area contributed by atoms with Gasteiger partial charge in [-0.3, -0.25) is 4.79 Å². The van der Waals surface area contributed by atoms with E-state index in [2.05, 4.69) is 0 Å². The molecule has 2 rings (SSSR count). The third kappa shape index (κ3) is 3.58. The number of ketones is 1. The van der Waals surface area contributed by atoms with E-state index in [-0.39, 0.29) is 17.5 Å². The Balaban J connectivity index is 1.99. The molecule has 0 amide bonds. The van der Waals surface area contributed by atoms with Crippen molar-refractivity contribution in [3.05, 3.63) is 71.8 Å². The van der Waals surface area contributed by atoms with Gasteiger partial charge in [0, 0.05) is 5.92 Å². The molecule has 1 N–H and O–H groups in total. The summed E-state index contributed by atoms with van der Waals surface area (Å²) in [6, 6.07) is 16.7. The third-order valence-electron chi connectivity index (χ3n) is 3.22. The standard InChI is InChI=1S/C18H18O2/c1-14(8-7-11-15-9-3-2-4-10-15)18(20)16-12-5-6-13-17(16)19/h2-7,9-14,19H,8H2,1H3/b11-7+. The van der Waals surface area contributed by atoms with E-state index in [4.69, 9.17) is 0 Å². The Labute approximate surface area is 119 Å². The van der Waals surface area contributed by atoms with Crippen LogP contribution in [0, 0.1) is 5.92 Å². The number of allylic oxidation sites excluding steroid dienone is 1. The maximum absolute atomic E-state index is 12.2. The van der Waals surface area contributed by atoms with Crippen molar-refractivity contribution in [2.75, 3.05) is 0 Å². The van der Waals surface area contributed by atoms with Crippen molar-refractivity contribution in [2.24, 2.45) is 5.92 Å². The van der Waals surface area contributed by atoms with Gasteiger partial charge in [-0.25, -0.2) is 0 Å². The molecule has 0 saturated carbocycles. The predicted molar refractivity (Wildman–Crippen MR) is 81.7 cm³/mol. The van der Waals surface area contributed by atoms with Gasteiger partial charge in [0.2, 0.25) is 0 Å². The second-order valence-corrected chi connectivity index (χ2v) is 4.83. The average Bonchev–Trinajstić information content (AvgIpc) is 2.48. The Hall–Kier alpha value is -2.35. The molecule has 0 radical (unpaired) electrons. The predicted octanol–water partition coefficient (Wildman–Crippen LogP) is 4.31. The molecule has 0 bridgehead atoms. The van der Waals surface area contributed by atoms with E-state index in [0.717, 1.165) is 5.56 Å². The van der Waals surface area contributed by atoms with Gasteiger partial charge in [0.25, 0.3) is 0 Å². The van der Waals surface area contributed by atoms with Crippen molar-refractivity contribution in [2.45, 2.75) is 13.3 Å². The molecule has 0 heterocycles. The molecule has 0 aliphatic rings. The number of benzene rings is 2. The molecule has 2 heteroatoms. The summed E-state index contributed by atoms with van der Waals surface area (Å²) >= 11 is 0. The molecule has 102 valence electrons. The van der Waals surface area contributed by atoms with Crippen LogP contribution in [0.3, 0.4) is 0 Å². The Morgan fingerprint density at radius 1 is 1.10 bits per heavy atom. The molecule has 1 unspecified atom stereocenters. The maximum atomic E-state index is 12.2. The van der Waals surface area contributed by atoms with Gasteiger partial charge in [-0.15, -0.1) is 0 Å². The molecule has 0 saturated heterocycles. The van der Waals surface area contributed by atoms with Crippen LogP contribution in [0.2, 0.25) is 0 Å². The molecule has 0 aliphatic heterocycles. The number of rotatable bonds is 5. The highest BCUT2D eigenvalue weighted by atomic mass is 16.3. The lowest BCUT2D eigenvalue weighted by Crippen LogP contribution is -2.10. The summed E-state index contributed by atoms with van der Waals surface area (Å²) in [6.07, 6.45) is 4.66. The summed E-state index contributed by atoms with van der Waals surface area (Å²) in [5.74, 6) is -0.125. The van der Waals surface area contributed by atoms with Gasteiger partial charge in [0.1, 0.15) is 5.75 Å². The quantitative estimate of drug-likeness (QED) is 0.818. The lowest BCUT2D eigenvalue weighted by atomic mass is 9.95. The molecule has 1 atom stereocenters. The number of aromatic hydroxyl groups is 1. The summed E-state index contributed by atoms with van der Waals surface area (Å²) in [7, 11) is 0. The van der Waals surface area contributed by atoms with E-state index in [1.165, 1.54) is 0 Å². The first-order valence-corrected chi connectivity index (χ1v) is 6.72. The third-order valence-corrected chi connectivity index (χ3v) is 3.22. The van der Waals surface area contributed by atoms with E-state index in [1.54, 1.807) is 24.3 Å². The molecule has 20 heavy (non-hydrogen) atoms. The van der Waals surface area contributed by atoms with Crippen LogP contribution in [0.1, 0.15) is 29.3 Å². The first-order valence-electron chi connectivity index (χ1n) is 6.72. The number of carbonyl (C=O) groups is 1. The van der Waals surface area contributed by atoms with Gasteiger partial charge in [0.15, 0.2) is 5.78 Å². The summed E-state index contributed by atoms with van der Waals surface area (Å²) in [6.45, 7) is 1.88. The minimum atomic E-state index is -0.150. The van der Waals surface area contributed by atoms with Gasteiger partial charge >= 0.3 is 0 Å². The number of hydrogen-bond acceptors (Lipinski definition) is 2. The zero-order chi connectivity index (χ0) is 14.4. The highest BCUT2D eigenvalue weighted by Crippen LogP contribution is 2.21. The average molecular weight is 266 g/mol. The largest absolute Gasteiger partial charge is 0.507 e. The lowest BCUT2D eigenvalue weighted by Gasteiger charge is -2.09. The molecule has 2 nitrogen and oxygen atoms in total. The molecular weight excluding hydrogens is 248 g/mol. The highest BCUT2D eigenvalue weighted by molar-refractivity contribution is 6.00. The second-order valence-electron chi connectivity index (χ2n) is 4.83. The minimum Gasteiger partial charge on any atom is -0.507 e. The van der Waals surface area contributed by atoms with E-state index in [1.807, 2.05) is 49.4 Å². The highest BCUT2D eigenvalue weighted by Gasteiger charge is 2.16. The van der Waals surface area contributed by atoms with Crippen molar-refractivity contribution < 1.29 is 9.90 Å². The number of hydrogen-bond donors (Lipinski definition) is 1. The van der Waals surface area contributed by atoms with E-state index in [9.17, 15) is 9.90 Å². The van der Waals surface area contributed by atoms with Crippen molar-refractivity contribution in [3.63, 3.8) is 0 Å². The summed E-state index contributed by atoms with van der Waals surface area (Å²) in [4.78, 5) is 12.2. The first kappa shape index (κ1) is 14.1. The van der Waals surface area contributed by atoms with Crippen molar-refractivity contribution in [3.8, 4) is 5.75 Å². The molecule has 0 spiro atoms. The normalized spacial score (nSPS) is 12.4. The van der Waals surface area contributed by atoms with E-state index < -0.39 is 0 Å². The fourth-order valence-corrected chi connectivity index (χ4v) is 2.03. The maximum Gasteiger partial charge on any atom is 0.169 e. The van der Waals surface area contributed by atoms with Crippen LogP contribution >= 0.6 is 0 Å². The van der Waals surface area contributed by atoms with E-state index >= 15 is 0 Å². The Kier molecular flexibility index (Phi) is 4.72. The fraction of sp³-hybridized carbons (Fsp3) is 0.167. The molecule has 0 fully saturated rings. The Morgan fingerprint density at radius 2 is 1.75 bits per heavy atom. The Morgan fingerprint density at radius 3 is 2.45 bits per heavy atom. The number of Topliss-reactive ketones (excluding diaryl/α,β-unsaturated/α-hetero) is 1. The van der Waals surface area contributed by atoms with Crippen LogP contribution in [0.5, 0.6) is 5.75 Å². The smallest absolute Gasteiger partial charge is 0.169 e. The zero-order valence-electron chi connectivity index (χ0n) is 11.5. The second kappa shape index (κ2) is 6.71. The Bertz CT molecular complexity index is 600. The summed E-state index contributed by atoms with van der Waals surface area (Å²) in [5, 5.41) is 9.69. The molecule has 2 aromatic rings. The molecular formula is C18H18O2. The number of phenolic OH excluding ortho intramolecular Hbond substituents is 1. The lowest BCUT2D eigenvalue weighted by molar-refractivity contribution is 0.0928. The molecule has 2 aromatic carbocycles. The van der Waals surface area contributed by atoms with Crippen LogP contribution in [-0.4, -0.2) is 10.9 Å².